The number of morpholine rings is 1. The third-order valence-corrected chi connectivity index (χ3v) is 3.92. The molecule has 1 aromatic heterocycles. The van der Waals surface area contributed by atoms with Gasteiger partial charge in [0.05, 0.1) is 18.8 Å². The average molecular weight is 267 g/mol. The largest absolute Gasteiger partial charge is 0.374 e. The number of ether oxygens (including phenoxy) is 1. The fourth-order valence-corrected chi connectivity index (χ4v) is 3.01. The number of halogens is 1. The maximum absolute atomic E-state index is 12.4. The van der Waals surface area contributed by atoms with Gasteiger partial charge in [-0.25, -0.2) is 0 Å². The third-order valence-electron chi connectivity index (χ3n) is 3.68. The zero-order valence-electron chi connectivity index (χ0n) is 10.0. The molecular weight excluding hydrogens is 252 g/mol. The number of fused-ring (bicyclic) bond motifs is 1. The first-order chi connectivity index (χ1) is 8.75. The summed E-state index contributed by atoms with van der Waals surface area (Å²) < 4.78 is 5.70. The quantitative estimate of drug-likeness (QED) is 0.782. The maximum atomic E-state index is 12.4. The van der Waals surface area contributed by atoms with E-state index in [1.54, 1.807) is 18.3 Å². The standard InChI is InChI=1S/C13H15ClN2O2/c14-9-4-5-15-10(8-9)13(17)16-6-7-18-12-3-1-2-11(12)16/h4-5,8,11-12H,1-3,6-7H2. The molecule has 1 saturated carbocycles. The summed E-state index contributed by atoms with van der Waals surface area (Å²) in [4.78, 5) is 18.5. The van der Waals surface area contributed by atoms with Crippen molar-refractivity contribution in [1.29, 1.82) is 0 Å². The molecule has 1 saturated heterocycles. The average Bonchev–Trinajstić information content (AvgIpc) is 2.86. The van der Waals surface area contributed by atoms with Gasteiger partial charge in [-0.3, -0.25) is 9.78 Å². The lowest BCUT2D eigenvalue weighted by Crippen LogP contribution is -2.51. The number of aromatic nitrogens is 1. The number of hydrogen-bond donors (Lipinski definition) is 0. The molecule has 5 heteroatoms. The molecule has 1 aliphatic carbocycles. The van der Waals surface area contributed by atoms with E-state index in [1.807, 2.05) is 4.90 Å². The summed E-state index contributed by atoms with van der Waals surface area (Å²) in [6.07, 6.45) is 4.99. The van der Waals surface area contributed by atoms with E-state index < -0.39 is 0 Å². The summed E-state index contributed by atoms with van der Waals surface area (Å²) in [5.74, 6) is -0.0299. The molecule has 2 aliphatic rings. The van der Waals surface area contributed by atoms with Gasteiger partial charge < -0.3 is 9.64 Å². The van der Waals surface area contributed by atoms with Crippen LogP contribution in [0, 0.1) is 0 Å². The highest BCUT2D eigenvalue weighted by Crippen LogP contribution is 2.30. The minimum Gasteiger partial charge on any atom is -0.374 e. The van der Waals surface area contributed by atoms with Gasteiger partial charge in [0.15, 0.2) is 0 Å². The van der Waals surface area contributed by atoms with Crippen LogP contribution < -0.4 is 0 Å². The lowest BCUT2D eigenvalue weighted by molar-refractivity contribution is -0.0447. The molecule has 4 nitrogen and oxygen atoms in total. The molecule has 2 unspecified atom stereocenters. The highest BCUT2D eigenvalue weighted by Gasteiger charge is 2.38. The van der Waals surface area contributed by atoms with Crippen molar-refractivity contribution in [1.82, 2.24) is 9.88 Å². The Labute approximate surface area is 111 Å². The number of carbonyl (C=O) groups is 1. The lowest BCUT2D eigenvalue weighted by atomic mass is 10.1. The predicted molar refractivity (Wildman–Crippen MR) is 67.7 cm³/mol. The third kappa shape index (κ3) is 2.10. The van der Waals surface area contributed by atoms with Crippen molar-refractivity contribution in [2.75, 3.05) is 13.2 Å². The molecule has 1 aromatic rings. The van der Waals surface area contributed by atoms with Crippen LogP contribution in [0.4, 0.5) is 0 Å². The van der Waals surface area contributed by atoms with Gasteiger partial charge in [0.2, 0.25) is 0 Å². The van der Waals surface area contributed by atoms with Gasteiger partial charge in [-0.1, -0.05) is 11.6 Å². The number of amides is 1. The Morgan fingerprint density at radius 1 is 1.50 bits per heavy atom. The molecule has 3 rings (SSSR count). The van der Waals surface area contributed by atoms with E-state index in [0.717, 1.165) is 19.3 Å². The Bertz CT molecular complexity index is 466. The van der Waals surface area contributed by atoms with Crippen LogP contribution in [0.5, 0.6) is 0 Å². The molecule has 2 heterocycles. The molecule has 0 bridgehead atoms. The fraction of sp³-hybridized carbons (Fsp3) is 0.538. The van der Waals surface area contributed by atoms with E-state index in [1.165, 1.54) is 0 Å². The molecule has 18 heavy (non-hydrogen) atoms. The first-order valence-corrected chi connectivity index (χ1v) is 6.67. The first-order valence-electron chi connectivity index (χ1n) is 6.30. The van der Waals surface area contributed by atoms with Crippen molar-refractivity contribution in [3.8, 4) is 0 Å². The van der Waals surface area contributed by atoms with Crippen molar-refractivity contribution in [3.05, 3.63) is 29.0 Å². The smallest absolute Gasteiger partial charge is 0.272 e. The van der Waals surface area contributed by atoms with E-state index >= 15 is 0 Å². The van der Waals surface area contributed by atoms with E-state index in [4.69, 9.17) is 16.3 Å². The van der Waals surface area contributed by atoms with Gasteiger partial charge in [0, 0.05) is 17.8 Å². The molecule has 2 atom stereocenters. The highest BCUT2D eigenvalue weighted by atomic mass is 35.5. The molecule has 2 fully saturated rings. The zero-order chi connectivity index (χ0) is 12.5. The van der Waals surface area contributed by atoms with Crippen LogP contribution in [-0.2, 0) is 4.74 Å². The summed E-state index contributed by atoms with van der Waals surface area (Å²) in [5.41, 5.74) is 0.426. The maximum Gasteiger partial charge on any atom is 0.272 e. The number of carbonyl (C=O) groups excluding carboxylic acids is 1. The summed E-state index contributed by atoms with van der Waals surface area (Å²) >= 11 is 5.90. The van der Waals surface area contributed by atoms with Crippen LogP contribution in [0.3, 0.4) is 0 Å². The number of nitrogens with zero attached hydrogens (tertiary/aromatic N) is 2. The van der Waals surface area contributed by atoms with E-state index in [0.29, 0.717) is 23.9 Å². The fourth-order valence-electron chi connectivity index (χ4n) is 2.85. The van der Waals surface area contributed by atoms with Crippen LogP contribution in [0.15, 0.2) is 18.3 Å². The van der Waals surface area contributed by atoms with Crippen molar-refractivity contribution >= 4 is 17.5 Å². The van der Waals surface area contributed by atoms with E-state index in [9.17, 15) is 4.79 Å². The number of pyridine rings is 1. The zero-order valence-corrected chi connectivity index (χ0v) is 10.8. The minimum atomic E-state index is -0.0299. The summed E-state index contributed by atoms with van der Waals surface area (Å²) in [7, 11) is 0. The summed E-state index contributed by atoms with van der Waals surface area (Å²) in [6, 6.07) is 3.52. The Morgan fingerprint density at radius 2 is 2.39 bits per heavy atom. The van der Waals surface area contributed by atoms with E-state index in [-0.39, 0.29) is 18.1 Å². The van der Waals surface area contributed by atoms with Gasteiger partial charge in [0.1, 0.15) is 5.69 Å². The van der Waals surface area contributed by atoms with Crippen molar-refractivity contribution < 1.29 is 9.53 Å². The van der Waals surface area contributed by atoms with Crippen LogP contribution in [-0.4, -0.2) is 41.1 Å². The Kier molecular flexibility index (Phi) is 3.22. The van der Waals surface area contributed by atoms with Crippen molar-refractivity contribution in [2.24, 2.45) is 0 Å². The Morgan fingerprint density at radius 3 is 3.22 bits per heavy atom. The first kappa shape index (κ1) is 11.9. The minimum absolute atomic E-state index is 0.0299. The normalized spacial score (nSPS) is 27.1. The van der Waals surface area contributed by atoms with Gasteiger partial charge in [-0.15, -0.1) is 0 Å². The van der Waals surface area contributed by atoms with Crippen LogP contribution in [0.2, 0.25) is 5.02 Å². The predicted octanol–water partition coefficient (Wildman–Crippen LogP) is 2.13. The second-order valence-corrected chi connectivity index (χ2v) is 5.20. The van der Waals surface area contributed by atoms with Gasteiger partial charge in [0.25, 0.3) is 5.91 Å². The summed E-state index contributed by atoms with van der Waals surface area (Å²) in [5, 5.41) is 0.546. The second kappa shape index (κ2) is 4.86. The topological polar surface area (TPSA) is 42.4 Å². The molecule has 0 N–H and O–H groups in total. The van der Waals surface area contributed by atoms with Gasteiger partial charge in [-0.05, 0) is 31.4 Å². The number of hydrogen-bond acceptors (Lipinski definition) is 3. The number of rotatable bonds is 1. The summed E-state index contributed by atoms with van der Waals surface area (Å²) in [6.45, 7) is 1.27. The highest BCUT2D eigenvalue weighted by molar-refractivity contribution is 6.30. The van der Waals surface area contributed by atoms with Crippen LogP contribution in [0.1, 0.15) is 29.8 Å². The second-order valence-electron chi connectivity index (χ2n) is 4.77. The van der Waals surface area contributed by atoms with Crippen molar-refractivity contribution in [3.63, 3.8) is 0 Å². The van der Waals surface area contributed by atoms with Crippen LogP contribution in [0.25, 0.3) is 0 Å². The molecular formula is C13H15ClN2O2. The molecule has 0 radical (unpaired) electrons. The molecule has 1 amide bonds. The molecule has 1 aliphatic heterocycles. The van der Waals surface area contributed by atoms with Crippen molar-refractivity contribution in [2.45, 2.75) is 31.4 Å². The van der Waals surface area contributed by atoms with Gasteiger partial charge >= 0.3 is 0 Å². The van der Waals surface area contributed by atoms with Crippen LogP contribution >= 0.6 is 11.6 Å². The lowest BCUT2D eigenvalue weighted by Gasteiger charge is -2.37. The molecule has 96 valence electrons. The Hall–Kier alpha value is -1.13. The van der Waals surface area contributed by atoms with E-state index in [2.05, 4.69) is 4.98 Å². The molecule has 0 spiro atoms. The molecule has 0 aromatic carbocycles. The monoisotopic (exact) mass is 266 g/mol. The SMILES string of the molecule is O=C(c1cc(Cl)ccn1)N1CCOC2CCCC21. The van der Waals surface area contributed by atoms with Gasteiger partial charge in [-0.2, -0.15) is 0 Å². The Balaban J connectivity index is 1.83.